The van der Waals surface area contributed by atoms with Gasteiger partial charge in [-0.2, -0.15) is 0 Å². The van der Waals surface area contributed by atoms with Crippen LogP contribution in [0.1, 0.15) is 12.8 Å². The Morgan fingerprint density at radius 3 is 2.92 bits per heavy atom. The Labute approximate surface area is 85.4 Å². The highest BCUT2D eigenvalue weighted by Gasteiger charge is 2.25. The van der Waals surface area contributed by atoms with Crippen LogP contribution in [0.15, 0.2) is 0 Å². The molecule has 74 valence electrons. The number of halogens is 1. The number of alkyl halides is 1. The summed E-state index contributed by atoms with van der Waals surface area (Å²) in [6, 6.07) is 0. The molecule has 13 heavy (non-hydrogen) atoms. The number of amides is 1. The number of carbonyl (C=O) groups is 2. The molecule has 1 aliphatic heterocycles. The summed E-state index contributed by atoms with van der Waals surface area (Å²) in [5.74, 6) is -0.215. The molecule has 0 bridgehead atoms. The van der Waals surface area contributed by atoms with Crippen molar-refractivity contribution >= 4 is 27.8 Å². The summed E-state index contributed by atoms with van der Waals surface area (Å²) in [4.78, 5) is 23.4. The molecular formula is C8H12BrNO3. The molecule has 1 rings (SSSR count). The maximum atomic E-state index is 11.2. The predicted molar refractivity (Wildman–Crippen MR) is 50.5 cm³/mol. The van der Waals surface area contributed by atoms with Crippen molar-refractivity contribution in [2.24, 2.45) is 0 Å². The first-order chi connectivity index (χ1) is 6.15. The lowest BCUT2D eigenvalue weighted by Crippen LogP contribution is -2.34. The van der Waals surface area contributed by atoms with E-state index in [4.69, 9.17) is 0 Å². The Morgan fingerprint density at radius 1 is 1.77 bits per heavy atom. The Bertz CT molecular complexity index is 219. The van der Waals surface area contributed by atoms with Crippen LogP contribution < -0.4 is 0 Å². The molecule has 0 aromatic carbocycles. The highest BCUT2D eigenvalue weighted by atomic mass is 79.9. The zero-order chi connectivity index (χ0) is 9.84. The van der Waals surface area contributed by atoms with E-state index in [2.05, 4.69) is 20.7 Å². The van der Waals surface area contributed by atoms with Crippen LogP contribution in [0.25, 0.3) is 0 Å². The second-order valence-electron chi connectivity index (χ2n) is 2.93. The summed E-state index contributed by atoms with van der Waals surface area (Å²) >= 11 is 3.17. The van der Waals surface area contributed by atoms with Gasteiger partial charge < -0.3 is 9.64 Å². The average molecular weight is 250 g/mol. The fourth-order valence-electron chi connectivity index (χ4n) is 1.29. The third kappa shape index (κ3) is 2.69. The van der Waals surface area contributed by atoms with Gasteiger partial charge in [0.2, 0.25) is 5.91 Å². The van der Waals surface area contributed by atoms with Crippen LogP contribution in [-0.4, -0.2) is 41.8 Å². The van der Waals surface area contributed by atoms with Crippen LogP contribution >= 0.6 is 15.9 Å². The zero-order valence-corrected chi connectivity index (χ0v) is 9.04. The molecule has 1 unspecified atom stereocenters. The summed E-state index contributed by atoms with van der Waals surface area (Å²) < 4.78 is 4.53. The minimum atomic E-state index is -0.403. The monoisotopic (exact) mass is 249 g/mol. The SMILES string of the molecule is COC(=O)C(Br)CN1CCCC1=O. The van der Waals surface area contributed by atoms with Crippen molar-refractivity contribution in [2.75, 3.05) is 20.2 Å². The van der Waals surface area contributed by atoms with E-state index in [1.54, 1.807) is 4.90 Å². The number of hydrogen-bond donors (Lipinski definition) is 0. The van der Waals surface area contributed by atoms with Gasteiger partial charge in [0.15, 0.2) is 0 Å². The highest BCUT2D eigenvalue weighted by molar-refractivity contribution is 9.10. The molecule has 0 radical (unpaired) electrons. The molecule has 0 spiro atoms. The van der Waals surface area contributed by atoms with Crippen molar-refractivity contribution < 1.29 is 14.3 Å². The standard InChI is InChI=1S/C8H12BrNO3/c1-13-8(12)6(9)5-10-4-2-3-7(10)11/h6H,2-5H2,1H3. The Hall–Kier alpha value is -0.580. The van der Waals surface area contributed by atoms with Crippen molar-refractivity contribution in [3.63, 3.8) is 0 Å². The first-order valence-electron chi connectivity index (χ1n) is 4.15. The largest absolute Gasteiger partial charge is 0.468 e. The molecule has 0 aromatic heterocycles. The molecule has 0 aromatic rings. The second-order valence-corrected chi connectivity index (χ2v) is 4.04. The molecule has 1 aliphatic rings. The third-order valence-corrected chi connectivity index (χ3v) is 2.67. The quantitative estimate of drug-likeness (QED) is 0.542. The number of methoxy groups -OCH3 is 1. The minimum absolute atomic E-state index is 0.119. The number of ether oxygens (including phenoxy) is 1. The van der Waals surface area contributed by atoms with Gasteiger partial charge in [-0.15, -0.1) is 0 Å². The molecular weight excluding hydrogens is 238 g/mol. The van der Waals surface area contributed by atoms with Crippen molar-refractivity contribution in [2.45, 2.75) is 17.7 Å². The molecule has 0 N–H and O–H groups in total. The predicted octanol–water partition coefficient (Wildman–Crippen LogP) is 0.545. The number of nitrogens with zero attached hydrogens (tertiary/aromatic N) is 1. The molecule has 1 fully saturated rings. The van der Waals surface area contributed by atoms with E-state index in [1.807, 2.05) is 0 Å². The van der Waals surface area contributed by atoms with Crippen molar-refractivity contribution in [3.8, 4) is 0 Å². The van der Waals surface area contributed by atoms with E-state index in [9.17, 15) is 9.59 Å². The summed E-state index contributed by atoms with van der Waals surface area (Å²) in [6.45, 7) is 1.16. The van der Waals surface area contributed by atoms with Gasteiger partial charge in [-0.05, 0) is 6.42 Å². The maximum Gasteiger partial charge on any atom is 0.321 e. The molecule has 1 saturated heterocycles. The fraction of sp³-hybridized carbons (Fsp3) is 0.750. The topological polar surface area (TPSA) is 46.6 Å². The summed E-state index contributed by atoms with van der Waals surface area (Å²) in [5, 5.41) is 0. The van der Waals surface area contributed by atoms with Crippen LogP contribution in [0.4, 0.5) is 0 Å². The number of esters is 1. The maximum absolute atomic E-state index is 11.2. The summed E-state index contributed by atoms with van der Waals surface area (Å²) in [6.07, 6.45) is 1.49. The van der Waals surface area contributed by atoms with Gasteiger partial charge in [0.25, 0.3) is 0 Å². The number of rotatable bonds is 3. The van der Waals surface area contributed by atoms with E-state index < -0.39 is 4.83 Å². The lowest BCUT2D eigenvalue weighted by atomic mass is 10.4. The first kappa shape index (κ1) is 10.5. The minimum Gasteiger partial charge on any atom is -0.468 e. The normalized spacial score (nSPS) is 18.9. The lowest BCUT2D eigenvalue weighted by molar-refractivity contribution is -0.140. The van der Waals surface area contributed by atoms with Gasteiger partial charge >= 0.3 is 5.97 Å². The number of carbonyl (C=O) groups excluding carboxylic acids is 2. The molecule has 5 heteroatoms. The van der Waals surface area contributed by atoms with Crippen LogP contribution in [0.3, 0.4) is 0 Å². The van der Waals surface area contributed by atoms with Gasteiger partial charge in [-0.3, -0.25) is 9.59 Å². The van der Waals surface area contributed by atoms with Gasteiger partial charge in [-0.25, -0.2) is 0 Å². The Balaban J connectivity index is 2.39. The Morgan fingerprint density at radius 2 is 2.46 bits per heavy atom. The van der Waals surface area contributed by atoms with Gasteiger partial charge in [-0.1, -0.05) is 15.9 Å². The second kappa shape index (κ2) is 4.60. The smallest absolute Gasteiger partial charge is 0.321 e. The number of likely N-dealkylation sites (tertiary alicyclic amines) is 1. The highest BCUT2D eigenvalue weighted by Crippen LogP contribution is 2.13. The van der Waals surface area contributed by atoms with E-state index in [1.165, 1.54) is 7.11 Å². The first-order valence-corrected chi connectivity index (χ1v) is 5.06. The van der Waals surface area contributed by atoms with Gasteiger partial charge in [0.1, 0.15) is 4.83 Å². The third-order valence-electron chi connectivity index (χ3n) is 2.01. The molecule has 1 heterocycles. The van der Waals surface area contributed by atoms with Gasteiger partial charge in [0.05, 0.1) is 7.11 Å². The molecule has 4 nitrogen and oxygen atoms in total. The summed E-state index contributed by atoms with van der Waals surface area (Å²) in [5.41, 5.74) is 0. The fourth-order valence-corrected chi connectivity index (χ4v) is 1.83. The van der Waals surface area contributed by atoms with E-state index in [0.29, 0.717) is 13.0 Å². The number of hydrogen-bond acceptors (Lipinski definition) is 3. The molecule has 0 saturated carbocycles. The van der Waals surface area contributed by atoms with Crippen molar-refractivity contribution in [1.29, 1.82) is 0 Å². The van der Waals surface area contributed by atoms with E-state index in [-0.39, 0.29) is 11.9 Å². The van der Waals surface area contributed by atoms with Crippen LogP contribution in [0, 0.1) is 0 Å². The lowest BCUT2D eigenvalue weighted by Gasteiger charge is -2.17. The Kier molecular flexibility index (Phi) is 3.71. The van der Waals surface area contributed by atoms with Crippen LogP contribution in [0.5, 0.6) is 0 Å². The van der Waals surface area contributed by atoms with E-state index >= 15 is 0 Å². The van der Waals surface area contributed by atoms with E-state index in [0.717, 1.165) is 13.0 Å². The van der Waals surface area contributed by atoms with Crippen LogP contribution in [-0.2, 0) is 14.3 Å². The zero-order valence-electron chi connectivity index (χ0n) is 7.46. The molecule has 1 atom stereocenters. The van der Waals surface area contributed by atoms with Crippen LogP contribution in [0.2, 0.25) is 0 Å². The van der Waals surface area contributed by atoms with Crippen molar-refractivity contribution in [3.05, 3.63) is 0 Å². The molecule has 0 aliphatic carbocycles. The molecule has 1 amide bonds. The van der Waals surface area contributed by atoms with Gasteiger partial charge in [0, 0.05) is 19.5 Å². The van der Waals surface area contributed by atoms with Crippen molar-refractivity contribution in [1.82, 2.24) is 4.90 Å². The average Bonchev–Trinajstić information content (AvgIpc) is 2.50. The summed E-state index contributed by atoms with van der Waals surface area (Å²) in [7, 11) is 1.34.